The lowest BCUT2D eigenvalue weighted by molar-refractivity contribution is -0.130. The molecule has 0 fully saturated rings. The summed E-state index contributed by atoms with van der Waals surface area (Å²) < 4.78 is 23.9. The van der Waals surface area contributed by atoms with E-state index in [1.807, 2.05) is 0 Å². The molecule has 0 saturated carbocycles. The molecule has 3 rings (SSSR count). The molecule has 0 bridgehead atoms. The largest absolute Gasteiger partial charge is 0.484 e. The normalized spacial score (nSPS) is 15.0. The molecule has 0 radical (unpaired) electrons. The van der Waals surface area contributed by atoms with Crippen molar-refractivity contribution < 1.29 is 23.5 Å². The van der Waals surface area contributed by atoms with Crippen LogP contribution in [0.3, 0.4) is 0 Å². The number of amides is 1. The van der Waals surface area contributed by atoms with Crippen molar-refractivity contribution in [3.8, 4) is 5.75 Å². The van der Waals surface area contributed by atoms with E-state index < -0.39 is 17.7 Å². The van der Waals surface area contributed by atoms with Gasteiger partial charge in [-0.25, -0.2) is 14.2 Å². The number of primary amides is 1. The van der Waals surface area contributed by atoms with Gasteiger partial charge in [0.2, 0.25) is 5.90 Å². The minimum Gasteiger partial charge on any atom is -0.484 e. The van der Waals surface area contributed by atoms with E-state index >= 15 is 0 Å². The highest BCUT2D eigenvalue weighted by atomic mass is 19.1. The summed E-state index contributed by atoms with van der Waals surface area (Å²) in [6, 6.07) is 12.5. The van der Waals surface area contributed by atoms with Crippen LogP contribution in [0.4, 0.5) is 4.39 Å². The van der Waals surface area contributed by atoms with E-state index in [-0.39, 0.29) is 23.8 Å². The zero-order valence-corrected chi connectivity index (χ0v) is 12.9. The maximum atomic E-state index is 13.8. The van der Waals surface area contributed by atoms with Crippen molar-refractivity contribution in [1.82, 2.24) is 0 Å². The number of carbonyl (C=O) groups excluding carboxylic acids is 2. The third kappa shape index (κ3) is 3.89. The Bertz CT molecular complexity index is 888. The maximum Gasteiger partial charge on any atom is 0.363 e. The first-order valence-corrected chi connectivity index (χ1v) is 7.31. The molecule has 25 heavy (non-hydrogen) atoms. The Morgan fingerprint density at radius 1 is 1.20 bits per heavy atom. The number of nitrogens with two attached hydrogens (primary N) is 1. The quantitative estimate of drug-likeness (QED) is 0.666. The van der Waals surface area contributed by atoms with Crippen LogP contribution in [-0.4, -0.2) is 24.4 Å². The molecule has 0 atom stereocenters. The molecular formula is C18H13FN2O4. The van der Waals surface area contributed by atoms with Gasteiger partial charge < -0.3 is 15.2 Å². The van der Waals surface area contributed by atoms with Crippen LogP contribution in [0.2, 0.25) is 0 Å². The number of ether oxygens (including phenoxy) is 2. The van der Waals surface area contributed by atoms with Gasteiger partial charge in [0.05, 0.1) is 5.56 Å². The SMILES string of the molecule is NC(=O)COc1ccc(/C=C2\N=C(c3ccccc3F)OC2=O)cc1. The Balaban J connectivity index is 1.80. The number of cyclic esters (lactones) is 1. The molecule has 2 aromatic carbocycles. The number of carbonyl (C=O) groups is 2. The summed E-state index contributed by atoms with van der Waals surface area (Å²) in [6.07, 6.45) is 1.51. The van der Waals surface area contributed by atoms with Gasteiger partial charge in [0, 0.05) is 0 Å². The molecule has 2 N–H and O–H groups in total. The fourth-order valence-electron chi connectivity index (χ4n) is 2.13. The standard InChI is InChI=1S/C18H13FN2O4/c19-14-4-2-1-3-13(14)17-21-15(18(23)25-17)9-11-5-7-12(8-6-11)24-10-16(20)22/h1-9H,10H2,(H2,20,22)/b15-9-. The molecule has 126 valence electrons. The first-order valence-electron chi connectivity index (χ1n) is 7.31. The highest BCUT2D eigenvalue weighted by Crippen LogP contribution is 2.21. The van der Waals surface area contributed by atoms with Gasteiger partial charge in [0.25, 0.3) is 5.91 Å². The summed E-state index contributed by atoms with van der Waals surface area (Å²) in [7, 11) is 0. The zero-order chi connectivity index (χ0) is 17.8. The second kappa shape index (κ2) is 6.96. The average Bonchev–Trinajstić information content (AvgIpc) is 2.95. The van der Waals surface area contributed by atoms with E-state index in [2.05, 4.69) is 4.99 Å². The van der Waals surface area contributed by atoms with E-state index in [9.17, 15) is 14.0 Å². The highest BCUT2D eigenvalue weighted by Gasteiger charge is 2.25. The van der Waals surface area contributed by atoms with Gasteiger partial charge in [0.1, 0.15) is 11.6 Å². The lowest BCUT2D eigenvalue weighted by atomic mass is 10.2. The van der Waals surface area contributed by atoms with Crippen LogP contribution in [-0.2, 0) is 14.3 Å². The number of esters is 1. The molecule has 0 aromatic heterocycles. The molecule has 0 spiro atoms. The third-order valence-corrected chi connectivity index (χ3v) is 3.29. The van der Waals surface area contributed by atoms with Gasteiger partial charge in [-0.05, 0) is 35.9 Å². The summed E-state index contributed by atoms with van der Waals surface area (Å²) in [6.45, 7) is -0.219. The molecule has 1 heterocycles. The third-order valence-electron chi connectivity index (χ3n) is 3.29. The Morgan fingerprint density at radius 2 is 1.92 bits per heavy atom. The van der Waals surface area contributed by atoms with E-state index in [4.69, 9.17) is 15.2 Å². The van der Waals surface area contributed by atoms with Crippen LogP contribution in [0.1, 0.15) is 11.1 Å². The highest BCUT2D eigenvalue weighted by molar-refractivity contribution is 6.12. The first kappa shape index (κ1) is 16.4. The molecule has 1 aliphatic rings. The van der Waals surface area contributed by atoms with Crippen LogP contribution in [0, 0.1) is 5.82 Å². The van der Waals surface area contributed by atoms with Gasteiger partial charge >= 0.3 is 5.97 Å². The van der Waals surface area contributed by atoms with Gasteiger partial charge in [-0.15, -0.1) is 0 Å². The summed E-state index contributed by atoms with van der Waals surface area (Å²) >= 11 is 0. The predicted molar refractivity (Wildman–Crippen MR) is 88.1 cm³/mol. The second-order valence-corrected chi connectivity index (χ2v) is 5.14. The first-order chi connectivity index (χ1) is 12.0. The van der Waals surface area contributed by atoms with E-state index in [0.29, 0.717) is 11.3 Å². The lowest BCUT2D eigenvalue weighted by Gasteiger charge is -2.03. The average molecular weight is 340 g/mol. The maximum absolute atomic E-state index is 13.8. The zero-order valence-electron chi connectivity index (χ0n) is 12.9. The van der Waals surface area contributed by atoms with Crippen molar-refractivity contribution in [2.45, 2.75) is 0 Å². The van der Waals surface area contributed by atoms with Crippen LogP contribution in [0.25, 0.3) is 6.08 Å². The van der Waals surface area contributed by atoms with E-state index in [1.165, 1.54) is 24.3 Å². The molecule has 6 nitrogen and oxygen atoms in total. The summed E-state index contributed by atoms with van der Waals surface area (Å²) in [5.74, 6) is -1.37. The lowest BCUT2D eigenvalue weighted by Crippen LogP contribution is -2.19. The van der Waals surface area contributed by atoms with Crippen molar-refractivity contribution >= 4 is 23.9 Å². The number of halogens is 1. The number of benzene rings is 2. The summed E-state index contributed by atoms with van der Waals surface area (Å²) in [5, 5.41) is 0. The monoisotopic (exact) mass is 340 g/mol. The van der Waals surface area contributed by atoms with Crippen LogP contribution in [0.5, 0.6) is 5.75 Å². The number of rotatable bonds is 5. The summed E-state index contributed by atoms with van der Waals surface area (Å²) in [4.78, 5) is 26.6. The van der Waals surface area contributed by atoms with Gasteiger partial charge in [-0.2, -0.15) is 0 Å². The summed E-state index contributed by atoms with van der Waals surface area (Å²) in [5.41, 5.74) is 5.84. The Hall–Kier alpha value is -3.48. The van der Waals surface area contributed by atoms with Crippen molar-refractivity contribution in [1.29, 1.82) is 0 Å². The topological polar surface area (TPSA) is 91.0 Å². The number of hydrogen-bond donors (Lipinski definition) is 1. The molecule has 7 heteroatoms. The molecule has 0 aliphatic carbocycles. The Kier molecular flexibility index (Phi) is 4.56. The fourth-order valence-corrected chi connectivity index (χ4v) is 2.13. The Morgan fingerprint density at radius 3 is 2.60 bits per heavy atom. The van der Waals surface area contributed by atoms with E-state index in [1.54, 1.807) is 30.3 Å². The molecule has 1 amide bonds. The molecule has 1 aliphatic heterocycles. The molecular weight excluding hydrogens is 327 g/mol. The fraction of sp³-hybridized carbons (Fsp3) is 0.0556. The van der Waals surface area contributed by atoms with Crippen molar-refractivity contribution in [2.24, 2.45) is 10.7 Å². The van der Waals surface area contributed by atoms with Crippen molar-refractivity contribution in [3.63, 3.8) is 0 Å². The molecule has 0 saturated heterocycles. The van der Waals surface area contributed by atoms with E-state index in [0.717, 1.165) is 0 Å². The minimum atomic E-state index is -0.660. The Labute approximate surface area is 142 Å². The van der Waals surface area contributed by atoms with Crippen molar-refractivity contribution in [2.75, 3.05) is 6.61 Å². The smallest absolute Gasteiger partial charge is 0.363 e. The van der Waals surface area contributed by atoms with Gasteiger partial charge in [-0.3, -0.25) is 4.79 Å². The number of aliphatic imine (C=N–C) groups is 1. The predicted octanol–water partition coefficient (Wildman–Crippen LogP) is 2.03. The second-order valence-electron chi connectivity index (χ2n) is 5.14. The van der Waals surface area contributed by atoms with Gasteiger partial charge in [0.15, 0.2) is 12.3 Å². The van der Waals surface area contributed by atoms with Crippen molar-refractivity contribution in [3.05, 3.63) is 71.2 Å². The molecule has 0 unspecified atom stereocenters. The van der Waals surface area contributed by atoms with Crippen LogP contribution >= 0.6 is 0 Å². The minimum absolute atomic E-state index is 0.0593. The van der Waals surface area contributed by atoms with Crippen LogP contribution < -0.4 is 10.5 Å². The number of hydrogen-bond acceptors (Lipinski definition) is 5. The van der Waals surface area contributed by atoms with Gasteiger partial charge in [-0.1, -0.05) is 24.3 Å². The molecule has 2 aromatic rings. The van der Waals surface area contributed by atoms with Crippen LogP contribution in [0.15, 0.2) is 59.2 Å². The number of nitrogens with zero attached hydrogens (tertiary/aromatic N) is 1.